The summed E-state index contributed by atoms with van der Waals surface area (Å²) in [4.78, 5) is 30.6. The number of anilines is 1. The molecule has 0 radical (unpaired) electrons. The van der Waals surface area contributed by atoms with Crippen molar-refractivity contribution in [3.8, 4) is 17.0 Å². The molecule has 0 aliphatic carbocycles. The third-order valence-electron chi connectivity index (χ3n) is 4.92. The van der Waals surface area contributed by atoms with E-state index in [1.165, 1.54) is 16.3 Å². The predicted molar refractivity (Wildman–Crippen MR) is 121 cm³/mol. The van der Waals surface area contributed by atoms with E-state index >= 15 is 0 Å². The quantitative estimate of drug-likeness (QED) is 0.629. The van der Waals surface area contributed by atoms with Crippen LogP contribution < -0.4 is 10.1 Å². The molecule has 0 saturated carbocycles. The molecule has 0 atom stereocenters. The lowest BCUT2D eigenvalue weighted by molar-refractivity contribution is -0.132. The van der Waals surface area contributed by atoms with Crippen molar-refractivity contribution in [1.82, 2.24) is 9.99 Å². The molecule has 2 amide bonds. The van der Waals surface area contributed by atoms with Crippen molar-refractivity contribution in [1.29, 1.82) is 0 Å². The molecule has 0 fully saturated rings. The van der Waals surface area contributed by atoms with Crippen LogP contribution >= 0.6 is 11.3 Å². The molecule has 1 aliphatic rings. The number of hydrogen-bond donors (Lipinski definition) is 1. The van der Waals surface area contributed by atoms with Gasteiger partial charge in [0.25, 0.3) is 5.91 Å². The Balaban J connectivity index is 1.48. The number of methoxy groups -OCH3 is 1. The van der Waals surface area contributed by atoms with E-state index < -0.39 is 0 Å². The van der Waals surface area contributed by atoms with Gasteiger partial charge in [-0.25, -0.2) is 9.99 Å². The summed E-state index contributed by atoms with van der Waals surface area (Å²) in [5.74, 6) is 0.350. The third kappa shape index (κ3) is 4.80. The highest BCUT2D eigenvalue weighted by atomic mass is 32.1. The van der Waals surface area contributed by atoms with Crippen molar-refractivity contribution < 1.29 is 14.3 Å². The zero-order chi connectivity index (χ0) is 21.8. The van der Waals surface area contributed by atoms with Gasteiger partial charge >= 0.3 is 0 Å². The summed E-state index contributed by atoms with van der Waals surface area (Å²) >= 11 is 1.41. The first-order valence-corrected chi connectivity index (χ1v) is 10.7. The molecule has 4 rings (SSSR count). The predicted octanol–water partition coefficient (Wildman–Crippen LogP) is 4.24. The highest BCUT2D eigenvalue weighted by Crippen LogP contribution is 2.31. The average Bonchev–Trinajstić information content (AvgIpc) is 3.15. The van der Waals surface area contributed by atoms with E-state index in [0.29, 0.717) is 23.8 Å². The zero-order valence-corrected chi connectivity index (χ0v) is 18.1. The van der Waals surface area contributed by atoms with Crippen LogP contribution in [0.3, 0.4) is 0 Å². The summed E-state index contributed by atoms with van der Waals surface area (Å²) in [6, 6.07) is 17.2. The normalized spacial score (nSPS) is 13.7. The third-order valence-corrected chi connectivity index (χ3v) is 5.81. The fraction of sp³-hybridized carbons (Fsp3) is 0.217. The molecule has 158 valence electrons. The van der Waals surface area contributed by atoms with Crippen LogP contribution in [0.15, 0.2) is 59.7 Å². The van der Waals surface area contributed by atoms with Crippen molar-refractivity contribution in [2.75, 3.05) is 12.4 Å². The highest BCUT2D eigenvalue weighted by molar-refractivity contribution is 7.16. The number of amides is 2. The van der Waals surface area contributed by atoms with E-state index in [1.807, 2.05) is 61.5 Å². The molecule has 8 heteroatoms. The minimum atomic E-state index is -0.333. The fourth-order valence-electron chi connectivity index (χ4n) is 3.28. The smallest absolute Gasteiger partial charge is 0.273 e. The second kappa shape index (κ2) is 9.09. The van der Waals surface area contributed by atoms with Crippen LogP contribution in [-0.4, -0.2) is 34.6 Å². The van der Waals surface area contributed by atoms with Crippen molar-refractivity contribution in [2.45, 2.75) is 26.3 Å². The Morgan fingerprint density at radius 2 is 1.87 bits per heavy atom. The van der Waals surface area contributed by atoms with Gasteiger partial charge in [0.1, 0.15) is 11.5 Å². The Labute approximate surface area is 184 Å². The second-order valence-corrected chi connectivity index (χ2v) is 8.29. The Morgan fingerprint density at radius 1 is 1.13 bits per heavy atom. The van der Waals surface area contributed by atoms with Gasteiger partial charge in [0.2, 0.25) is 5.91 Å². The number of carbonyl (C=O) groups excluding carboxylic acids is 2. The van der Waals surface area contributed by atoms with Crippen LogP contribution in [0, 0.1) is 6.92 Å². The van der Waals surface area contributed by atoms with Crippen LogP contribution in [0.1, 0.15) is 23.3 Å². The molecule has 1 aromatic heterocycles. The summed E-state index contributed by atoms with van der Waals surface area (Å²) in [6.07, 6.45) is 0.568. The van der Waals surface area contributed by atoms with Crippen LogP contribution in [0.25, 0.3) is 11.3 Å². The number of aryl methyl sites for hydroxylation is 1. The van der Waals surface area contributed by atoms with E-state index in [2.05, 4.69) is 15.4 Å². The largest absolute Gasteiger partial charge is 0.497 e. The van der Waals surface area contributed by atoms with Crippen LogP contribution in [0.2, 0.25) is 0 Å². The standard InChI is InChI=1S/C23H22N4O3S/c1-15-21(17-8-10-18(30-2)11-9-17)24-23(31-15)25-22(29)19-12-13-20(28)27(26-19)14-16-6-4-3-5-7-16/h3-11H,12-14H2,1-2H3,(H,24,25,29). The number of carbonyl (C=O) groups is 2. The number of thiazole rings is 1. The monoisotopic (exact) mass is 434 g/mol. The van der Waals surface area contributed by atoms with Gasteiger partial charge in [0, 0.05) is 23.3 Å². The van der Waals surface area contributed by atoms with Gasteiger partial charge in [-0.15, -0.1) is 11.3 Å². The first-order chi connectivity index (χ1) is 15.0. The molecule has 7 nitrogen and oxygen atoms in total. The zero-order valence-electron chi connectivity index (χ0n) is 17.3. The highest BCUT2D eigenvalue weighted by Gasteiger charge is 2.25. The lowest BCUT2D eigenvalue weighted by atomic mass is 10.1. The van der Waals surface area contributed by atoms with Crippen molar-refractivity contribution in [3.63, 3.8) is 0 Å². The van der Waals surface area contributed by atoms with E-state index in [1.54, 1.807) is 7.11 Å². The second-order valence-electron chi connectivity index (χ2n) is 7.09. The van der Waals surface area contributed by atoms with Gasteiger partial charge in [-0.1, -0.05) is 30.3 Å². The maximum absolute atomic E-state index is 12.8. The lowest BCUT2D eigenvalue weighted by Crippen LogP contribution is -2.36. The molecule has 0 bridgehead atoms. The number of nitrogens with one attached hydrogen (secondary N) is 1. The number of hydrogen-bond acceptors (Lipinski definition) is 6. The summed E-state index contributed by atoms with van der Waals surface area (Å²) in [7, 11) is 1.62. The number of ether oxygens (including phenoxy) is 1. The Kier molecular flexibility index (Phi) is 6.08. The van der Waals surface area contributed by atoms with Crippen LogP contribution in [0.5, 0.6) is 5.75 Å². The number of aromatic nitrogens is 1. The Bertz CT molecular complexity index is 1120. The van der Waals surface area contributed by atoms with E-state index in [4.69, 9.17) is 4.74 Å². The Morgan fingerprint density at radius 3 is 2.58 bits per heavy atom. The number of hydrazone groups is 1. The molecule has 0 spiro atoms. The number of nitrogens with zero attached hydrogens (tertiary/aromatic N) is 3. The topological polar surface area (TPSA) is 83.9 Å². The van der Waals surface area contributed by atoms with Crippen molar-refractivity contribution in [3.05, 3.63) is 65.0 Å². The first-order valence-electron chi connectivity index (χ1n) is 9.88. The lowest BCUT2D eigenvalue weighted by Gasteiger charge is -2.23. The molecule has 2 aromatic carbocycles. The molecule has 1 aliphatic heterocycles. The maximum Gasteiger partial charge on any atom is 0.273 e. The van der Waals surface area contributed by atoms with Gasteiger partial charge in [0.05, 0.1) is 19.3 Å². The van der Waals surface area contributed by atoms with Gasteiger partial charge in [-0.05, 0) is 36.8 Å². The average molecular weight is 435 g/mol. The SMILES string of the molecule is COc1ccc(-c2nc(NC(=O)C3=NN(Cc4ccccc4)C(=O)CC3)sc2C)cc1. The maximum atomic E-state index is 12.8. The Hall–Kier alpha value is -3.52. The minimum Gasteiger partial charge on any atom is -0.497 e. The molecule has 3 aromatic rings. The van der Waals surface area contributed by atoms with Crippen molar-refractivity contribution in [2.24, 2.45) is 5.10 Å². The molecular formula is C23H22N4O3S. The first kappa shape index (κ1) is 20.7. The molecule has 2 heterocycles. The summed E-state index contributed by atoms with van der Waals surface area (Å²) < 4.78 is 5.20. The molecule has 31 heavy (non-hydrogen) atoms. The molecule has 0 saturated heterocycles. The van der Waals surface area contributed by atoms with E-state index in [0.717, 1.165) is 27.4 Å². The van der Waals surface area contributed by atoms with Crippen LogP contribution in [-0.2, 0) is 16.1 Å². The van der Waals surface area contributed by atoms with Gasteiger partial charge in [0.15, 0.2) is 5.13 Å². The minimum absolute atomic E-state index is 0.0905. The van der Waals surface area contributed by atoms with Gasteiger partial charge < -0.3 is 4.74 Å². The summed E-state index contributed by atoms with van der Waals surface area (Å²) in [5.41, 5.74) is 3.05. The van der Waals surface area contributed by atoms with Gasteiger partial charge in [-0.2, -0.15) is 5.10 Å². The molecule has 0 unspecified atom stereocenters. The fourth-order valence-corrected chi connectivity index (χ4v) is 4.11. The number of benzene rings is 2. The van der Waals surface area contributed by atoms with E-state index in [9.17, 15) is 9.59 Å². The number of rotatable bonds is 6. The van der Waals surface area contributed by atoms with Crippen molar-refractivity contribution >= 4 is 34.0 Å². The molecule has 1 N–H and O–H groups in total. The van der Waals surface area contributed by atoms with Crippen LogP contribution in [0.4, 0.5) is 5.13 Å². The van der Waals surface area contributed by atoms with Gasteiger partial charge in [-0.3, -0.25) is 14.9 Å². The van der Waals surface area contributed by atoms with E-state index in [-0.39, 0.29) is 18.2 Å². The summed E-state index contributed by atoms with van der Waals surface area (Å²) in [6.45, 7) is 2.31. The summed E-state index contributed by atoms with van der Waals surface area (Å²) in [5, 5.41) is 9.02. The molecular weight excluding hydrogens is 412 g/mol.